The maximum atomic E-state index is 12.9. The zero-order valence-electron chi connectivity index (χ0n) is 16.4. The van der Waals surface area contributed by atoms with Crippen LogP contribution < -0.4 is 10.6 Å². The molecule has 0 bridgehead atoms. The molecule has 7 heteroatoms. The third-order valence-corrected chi connectivity index (χ3v) is 5.87. The fourth-order valence-corrected chi connectivity index (χ4v) is 4.71. The van der Waals surface area contributed by atoms with E-state index in [4.69, 9.17) is 0 Å². The van der Waals surface area contributed by atoms with Crippen LogP contribution in [-0.4, -0.2) is 54.0 Å². The van der Waals surface area contributed by atoms with Gasteiger partial charge in [0.2, 0.25) is 5.91 Å². The maximum Gasteiger partial charge on any atom is 0.221 e. The number of carbonyl (C=O) groups is 1. The molecule has 7 nitrogen and oxygen atoms in total. The second-order valence-corrected chi connectivity index (χ2v) is 8.39. The van der Waals surface area contributed by atoms with Crippen molar-refractivity contribution in [1.82, 2.24) is 25.5 Å². The minimum atomic E-state index is -0.549. The monoisotopic (exact) mass is 378 g/mol. The number of fused-ring (bicyclic) bond motifs is 1. The summed E-state index contributed by atoms with van der Waals surface area (Å²) in [7, 11) is 2.07. The summed E-state index contributed by atoms with van der Waals surface area (Å²) in [5.74, 6) is 0.912. The molecule has 146 valence electrons. The minimum Gasteiger partial charge on any atom is -0.345 e. The summed E-state index contributed by atoms with van der Waals surface area (Å²) in [6, 6.07) is 5.93. The largest absolute Gasteiger partial charge is 0.345 e. The molecule has 1 aromatic heterocycles. The highest BCUT2D eigenvalue weighted by Crippen LogP contribution is 2.35. The average Bonchev–Trinajstić information content (AvgIpc) is 2.65. The van der Waals surface area contributed by atoms with Crippen molar-refractivity contribution in [2.45, 2.75) is 25.3 Å². The van der Waals surface area contributed by atoms with E-state index in [1.165, 1.54) is 0 Å². The molecule has 1 aromatic carbocycles. The van der Waals surface area contributed by atoms with Crippen LogP contribution in [0, 0.1) is 23.2 Å². The second kappa shape index (κ2) is 7.46. The molecule has 0 spiro atoms. The van der Waals surface area contributed by atoms with Gasteiger partial charge in [-0.25, -0.2) is 0 Å². The van der Waals surface area contributed by atoms with Crippen molar-refractivity contribution in [1.29, 1.82) is 5.26 Å². The van der Waals surface area contributed by atoms with Gasteiger partial charge in [-0.2, -0.15) is 5.26 Å². The molecule has 2 N–H and O–H groups in total. The third kappa shape index (κ3) is 3.46. The van der Waals surface area contributed by atoms with Crippen LogP contribution in [0.4, 0.5) is 0 Å². The second-order valence-electron chi connectivity index (χ2n) is 8.39. The molecule has 2 atom stereocenters. The van der Waals surface area contributed by atoms with Crippen LogP contribution in [0.3, 0.4) is 0 Å². The van der Waals surface area contributed by atoms with E-state index >= 15 is 0 Å². The Morgan fingerprint density at radius 2 is 2.11 bits per heavy atom. The topological polar surface area (TPSA) is 93.9 Å². The fourth-order valence-electron chi connectivity index (χ4n) is 4.71. The lowest BCUT2D eigenvalue weighted by atomic mass is 9.77. The molecule has 0 saturated carbocycles. The lowest BCUT2D eigenvalue weighted by Crippen LogP contribution is -2.58. The fraction of sp³-hybridized carbons (Fsp3) is 0.524. The van der Waals surface area contributed by atoms with Crippen LogP contribution in [0.1, 0.15) is 30.9 Å². The quantitative estimate of drug-likeness (QED) is 0.835. The van der Waals surface area contributed by atoms with Gasteiger partial charge >= 0.3 is 0 Å². The first-order valence-electron chi connectivity index (χ1n) is 9.85. The molecule has 2 aliphatic heterocycles. The summed E-state index contributed by atoms with van der Waals surface area (Å²) in [4.78, 5) is 24.1. The van der Waals surface area contributed by atoms with Crippen molar-refractivity contribution in [3.05, 3.63) is 35.7 Å². The Morgan fingerprint density at radius 3 is 2.79 bits per heavy atom. The molecule has 0 aliphatic carbocycles. The molecule has 2 aromatic rings. The number of likely N-dealkylation sites (tertiary alicyclic amines) is 1. The Balaban J connectivity index is 1.71. The summed E-state index contributed by atoms with van der Waals surface area (Å²) >= 11 is 0. The van der Waals surface area contributed by atoms with Crippen molar-refractivity contribution >= 4 is 16.9 Å². The molecule has 2 saturated heterocycles. The summed E-state index contributed by atoms with van der Waals surface area (Å²) in [5.41, 5.74) is 2.18. The molecule has 0 radical (unpaired) electrons. The molecule has 1 amide bonds. The average molecular weight is 378 g/mol. The highest BCUT2D eigenvalue weighted by atomic mass is 16.1. The van der Waals surface area contributed by atoms with Crippen molar-refractivity contribution in [3.8, 4) is 6.07 Å². The highest BCUT2D eigenvalue weighted by molar-refractivity contribution is 5.86. The lowest BCUT2D eigenvalue weighted by Gasteiger charge is -2.43. The van der Waals surface area contributed by atoms with Crippen molar-refractivity contribution in [3.63, 3.8) is 0 Å². The van der Waals surface area contributed by atoms with Crippen molar-refractivity contribution < 1.29 is 4.79 Å². The first kappa shape index (κ1) is 18.8. The van der Waals surface area contributed by atoms with E-state index in [2.05, 4.69) is 45.5 Å². The molecule has 3 heterocycles. The first-order valence-corrected chi connectivity index (χ1v) is 9.85. The number of rotatable bonds is 4. The smallest absolute Gasteiger partial charge is 0.221 e. The van der Waals surface area contributed by atoms with Gasteiger partial charge in [0.1, 0.15) is 11.6 Å². The van der Waals surface area contributed by atoms with E-state index in [0.29, 0.717) is 41.4 Å². The molecular weight excluding hydrogens is 352 g/mol. The van der Waals surface area contributed by atoms with Gasteiger partial charge in [0.15, 0.2) is 0 Å². The molecule has 0 unspecified atom stereocenters. The number of piperidine rings is 1. The molecule has 28 heavy (non-hydrogen) atoms. The maximum absolute atomic E-state index is 12.9. The number of nitrogens with one attached hydrogen (secondary N) is 2. The van der Waals surface area contributed by atoms with Crippen LogP contribution >= 0.6 is 0 Å². The van der Waals surface area contributed by atoms with Gasteiger partial charge in [-0.1, -0.05) is 13.0 Å². The lowest BCUT2D eigenvalue weighted by molar-refractivity contribution is -0.125. The van der Waals surface area contributed by atoms with E-state index in [1.807, 2.05) is 6.07 Å². The number of aromatic nitrogens is 2. The summed E-state index contributed by atoms with van der Waals surface area (Å²) in [6.45, 7) is 5.70. The Morgan fingerprint density at radius 1 is 1.36 bits per heavy atom. The predicted octanol–water partition coefficient (Wildman–Crippen LogP) is 1.39. The Bertz CT molecular complexity index is 932. The van der Waals surface area contributed by atoms with Gasteiger partial charge in [-0.05, 0) is 37.9 Å². The predicted molar refractivity (Wildman–Crippen MR) is 106 cm³/mol. The van der Waals surface area contributed by atoms with Crippen LogP contribution in [0.15, 0.2) is 24.5 Å². The standard InChI is InChI=1S/C21H26N6O/c1-14-8-21(13-23-10-14,26-18(28)7-15-11-27(2)12-15)17-4-3-16(9-22)19-20(17)25-6-5-24-19/h3-6,14-15,23H,7-8,10-13H2,1-2H3,(H,26,28)/t14-,21-/m0/s1. The number of hydrogen-bond donors (Lipinski definition) is 2. The van der Waals surface area contributed by atoms with Gasteiger partial charge in [-0.15, -0.1) is 0 Å². The van der Waals surface area contributed by atoms with E-state index in [9.17, 15) is 10.1 Å². The van der Waals surface area contributed by atoms with Crippen molar-refractivity contribution in [2.24, 2.45) is 11.8 Å². The number of amides is 1. The zero-order chi connectivity index (χ0) is 19.7. The Hall–Kier alpha value is -2.56. The Labute approximate surface area is 165 Å². The van der Waals surface area contributed by atoms with Crippen LogP contribution in [0.2, 0.25) is 0 Å². The third-order valence-electron chi connectivity index (χ3n) is 5.87. The van der Waals surface area contributed by atoms with Gasteiger partial charge < -0.3 is 15.5 Å². The highest BCUT2D eigenvalue weighted by Gasteiger charge is 2.40. The van der Waals surface area contributed by atoms with Gasteiger partial charge in [-0.3, -0.25) is 14.8 Å². The summed E-state index contributed by atoms with van der Waals surface area (Å²) in [6.07, 6.45) is 4.62. The molecule has 2 aliphatic rings. The molecule has 4 rings (SSSR count). The van der Waals surface area contributed by atoms with Gasteiger partial charge in [0.05, 0.1) is 16.6 Å². The van der Waals surface area contributed by atoms with Crippen LogP contribution in [-0.2, 0) is 10.3 Å². The molecular formula is C21H26N6O. The summed E-state index contributed by atoms with van der Waals surface area (Å²) < 4.78 is 0. The zero-order valence-corrected chi connectivity index (χ0v) is 16.4. The normalized spacial score (nSPS) is 25.8. The van der Waals surface area contributed by atoms with Gasteiger partial charge in [0.25, 0.3) is 0 Å². The minimum absolute atomic E-state index is 0.0791. The van der Waals surface area contributed by atoms with E-state index in [0.717, 1.165) is 31.6 Å². The summed E-state index contributed by atoms with van der Waals surface area (Å²) in [5, 5.41) is 16.3. The van der Waals surface area contributed by atoms with Crippen molar-refractivity contribution in [2.75, 3.05) is 33.2 Å². The van der Waals surface area contributed by atoms with Crippen LogP contribution in [0.5, 0.6) is 0 Å². The van der Waals surface area contributed by atoms with E-state index in [-0.39, 0.29) is 5.91 Å². The number of carbonyl (C=O) groups excluding carboxylic acids is 1. The Kier molecular flexibility index (Phi) is 5.00. The van der Waals surface area contributed by atoms with E-state index in [1.54, 1.807) is 18.5 Å². The number of nitriles is 1. The molecule has 2 fully saturated rings. The number of hydrogen-bond acceptors (Lipinski definition) is 6. The number of benzene rings is 1. The van der Waals surface area contributed by atoms with E-state index < -0.39 is 5.54 Å². The SMILES string of the molecule is C[C@@H]1CNC[C@](NC(=O)CC2CN(C)C2)(c2ccc(C#N)c3nccnc23)C1. The van der Waals surface area contributed by atoms with Gasteiger partial charge in [0, 0.05) is 44.0 Å². The number of nitrogens with zero attached hydrogens (tertiary/aromatic N) is 4. The van der Waals surface area contributed by atoms with Crippen LogP contribution in [0.25, 0.3) is 11.0 Å². The first-order chi connectivity index (χ1) is 13.5.